The van der Waals surface area contributed by atoms with Crippen molar-refractivity contribution in [1.29, 1.82) is 0 Å². The van der Waals surface area contributed by atoms with Crippen molar-refractivity contribution in [2.75, 3.05) is 0 Å². The molecule has 0 saturated carbocycles. The zero-order chi connectivity index (χ0) is 10.2. The molecule has 0 aromatic heterocycles. The minimum absolute atomic E-state index is 1.16. The van der Waals surface area contributed by atoms with Gasteiger partial charge in [0.25, 0.3) is 0 Å². The van der Waals surface area contributed by atoms with Gasteiger partial charge >= 0.3 is 0 Å². The standard InChI is InChI=1S/C14H20/c1-3-5-6-8-14-11-9-13(7-4-2)10-12-14/h3,5,9-12H,4,6-8H2,1-2H3. The van der Waals surface area contributed by atoms with Crippen LogP contribution in [0.3, 0.4) is 0 Å². The van der Waals surface area contributed by atoms with Crippen LogP contribution >= 0.6 is 0 Å². The topological polar surface area (TPSA) is 0 Å². The third-order valence-corrected chi connectivity index (χ3v) is 2.40. The molecule has 0 aliphatic carbocycles. The van der Waals surface area contributed by atoms with Crippen LogP contribution in [0.4, 0.5) is 0 Å². The summed E-state index contributed by atoms with van der Waals surface area (Å²) in [6.45, 7) is 4.30. The van der Waals surface area contributed by atoms with E-state index in [2.05, 4.69) is 50.3 Å². The molecule has 0 fully saturated rings. The molecule has 0 unspecified atom stereocenters. The van der Waals surface area contributed by atoms with Crippen LogP contribution in [0.2, 0.25) is 0 Å². The maximum Gasteiger partial charge on any atom is -0.0244 e. The highest BCUT2D eigenvalue weighted by molar-refractivity contribution is 5.22. The van der Waals surface area contributed by atoms with E-state index in [0.717, 1.165) is 12.8 Å². The van der Waals surface area contributed by atoms with E-state index in [4.69, 9.17) is 0 Å². The quantitative estimate of drug-likeness (QED) is 0.609. The Morgan fingerprint density at radius 1 is 1.00 bits per heavy atom. The molecule has 0 saturated heterocycles. The number of hydrogen-bond acceptors (Lipinski definition) is 0. The summed E-state index contributed by atoms with van der Waals surface area (Å²) in [5.41, 5.74) is 2.91. The van der Waals surface area contributed by atoms with Crippen LogP contribution in [0, 0.1) is 0 Å². The van der Waals surface area contributed by atoms with Gasteiger partial charge in [0.05, 0.1) is 0 Å². The molecule has 1 rings (SSSR count). The van der Waals surface area contributed by atoms with Crippen molar-refractivity contribution < 1.29 is 0 Å². The molecule has 0 heterocycles. The van der Waals surface area contributed by atoms with E-state index >= 15 is 0 Å². The van der Waals surface area contributed by atoms with Crippen LogP contribution in [-0.2, 0) is 12.8 Å². The van der Waals surface area contributed by atoms with Crippen LogP contribution in [-0.4, -0.2) is 0 Å². The molecule has 0 N–H and O–H groups in total. The fourth-order valence-corrected chi connectivity index (χ4v) is 1.58. The average molecular weight is 188 g/mol. The second-order valence-electron chi connectivity index (χ2n) is 3.67. The molecule has 1 aromatic carbocycles. The smallest absolute Gasteiger partial charge is 0.0244 e. The van der Waals surface area contributed by atoms with Gasteiger partial charge in [-0.25, -0.2) is 0 Å². The summed E-state index contributed by atoms with van der Waals surface area (Å²) >= 11 is 0. The SMILES string of the molecule is CC=CCCc1ccc(CCC)cc1. The van der Waals surface area contributed by atoms with Crippen molar-refractivity contribution in [3.63, 3.8) is 0 Å². The fourth-order valence-electron chi connectivity index (χ4n) is 1.58. The van der Waals surface area contributed by atoms with E-state index in [9.17, 15) is 0 Å². The summed E-state index contributed by atoms with van der Waals surface area (Å²) in [4.78, 5) is 0. The lowest BCUT2D eigenvalue weighted by atomic mass is 10.0. The normalized spacial score (nSPS) is 11.0. The number of benzene rings is 1. The van der Waals surface area contributed by atoms with Gasteiger partial charge in [-0.15, -0.1) is 0 Å². The average Bonchev–Trinajstić information content (AvgIpc) is 2.21. The minimum atomic E-state index is 1.16. The lowest BCUT2D eigenvalue weighted by Crippen LogP contribution is -1.86. The summed E-state index contributed by atoms with van der Waals surface area (Å²) in [6.07, 6.45) is 9.10. The van der Waals surface area contributed by atoms with E-state index in [-0.39, 0.29) is 0 Å². The van der Waals surface area contributed by atoms with Gasteiger partial charge in [0.15, 0.2) is 0 Å². The summed E-state index contributed by atoms with van der Waals surface area (Å²) < 4.78 is 0. The highest BCUT2D eigenvalue weighted by atomic mass is 14.0. The van der Waals surface area contributed by atoms with Crippen LogP contribution in [0.1, 0.15) is 37.8 Å². The second-order valence-corrected chi connectivity index (χ2v) is 3.67. The zero-order valence-corrected chi connectivity index (χ0v) is 9.29. The molecule has 0 spiro atoms. The van der Waals surface area contributed by atoms with Gasteiger partial charge in [0.1, 0.15) is 0 Å². The zero-order valence-electron chi connectivity index (χ0n) is 9.29. The van der Waals surface area contributed by atoms with Crippen molar-refractivity contribution in [2.45, 2.75) is 39.5 Å². The highest BCUT2D eigenvalue weighted by Crippen LogP contribution is 2.08. The summed E-state index contributed by atoms with van der Waals surface area (Å²) in [6, 6.07) is 9.03. The lowest BCUT2D eigenvalue weighted by Gasteiger charge is -2.01. The fraction of sp³-hybridized carbons (Fsp3) is 0.429. The van der Waals surface area contributed by atoms with Gasteiger partial charge in [0.2, 0.25) is 0 Å². The molecule has 0 atom stereocenters. The molecular formula is C14H20. The van der Waals surface area contributed by atoms with Crippen molar-refractivity contribution in [3.05, 3.63) is 47.5 Å². The Kier molecular flexibility index (Phi) is 5.06. The molecule has 0 nitrogen and oxygen atoms in total. The first-order valence-electron chi connectivity index (χ1n) is 5.55. The van der Waals surface area contributed by atoms with Crippen LogP contribution < -0.4 is 0 Å². The van der Waals surface area contributed by atoms with Gasteiger partial charge in [-0.05, 0) is 37.3 Å². The minimum Gasteiger partial charge on any atom is -0.0917 e. The van der Waals surface area contributed by atoms with Crippen LogP contribution in [0.5, 0.6) is 0 Å². The number of allylic oxidation sites excluding steroid dienone is 2. The number of aryl methyl sites for hydroxylation is 2. The summed E-state index contributed by atoms with van der Waals surface area (Å²) in [5.74, 6) is 0. The van der Waals surface area contributed by atoms with Gasteiger partial charge in [-0.2, -0.15) is 0 Å². The lowest BCUT2D eigenvalue weighted by molar-refractivity contribution is 0.917. The van der Waals surface area contributed by atoms with E-state index < -0.39 is 0 Å². The number of hydrogen-bond donors (Lipinski definition) is 0. The first-order valence-corrected chi connectivity index (χ1v) is 5.55. The van der Waals surface area contributed by atoms with E-state index in [1.54, 1.807) is 0 Å². The first kappa shape index (κ1) is 11.0. The van der Waals surface area contributed by atoms with Crippen molar-refractivity contribution in [2.24, 2.45) is 0 Å². The first-order chi connectivity index (χ1) is 6.86. The van der Waals surface area contributed by atoms with E-state index in [1.807, 2.05) is 0 Å². The van der Waals surface area contributed by atoms with Crippen LogP contribution in [0.15, 0.2) is 36.4 Å². The molecule has 0 amide bonds. The van der Waals surface area contributed by atoms with Crippen molar-refractivity contribution in [3.8, 4) is 0 Å². The Labute approximate surface area is 87.7 Å². The monoisotopic (exact) mass is 188 g/mol. The molecule has 1 aromatic rings. The van der Waals surface area contributed by atoms with E-state index in [0.29, 0.717) is 0 Å². The molecular weight excluding hydrogens is 168 g/mol. The molecule has 0 aliphatic heterocycles. The molecule has 14 heavy (non-hydrogen) atoms. The Morgan fingerprint density at radius 3 is 2.07 bits per heavy atom. The molecule has 76 valence electrons. The summed E-state index contributed by atoms with van der Waals surface area (Å²) in [7, 11) is 0. The molecule has 0 radical (unpaired) electrons. The maximum atomic E-state index is 2.26. The molecule has 0 heteroatoms. The second kappa shape index (κ2) is 6.42. The molecule has 0 bridgehead atoms. The highest BCUT2D eigenvalue weighted by Gasteiger charge is 1.92. The Bertz CT molecular complexity index is 267. The third kappa shape index (κ3) is 3.78. The van der Waals surface area contributed by atoms with Crippen LogP contribution in [0.25, 0.3) is 0 Å². The van der Waals surface area contributed by atoms with Gasteiger partial charge in [-0.3, -0.25) is 0 Å². The van der Waals surface area contributed by atoms with Gasteiger partial charge < -0.3 is 0 Å². The van der Waals surface area contributed by atoms with E-state index in [1.165, 1.54) is 24.0 Å². The van der Waals surface area contributed by atoms with Crippen molar-refractivity contribution >= 4 is 0 Å². The van der Waals surface area contributed by atoms with Gasteiger partial charge in [-0.1, -0.05) is 49.8 Å². The largest absolute Gasteiger partial charge is 0.0917 e. The Morgan fingerprint density at radius 2 is 1.57 bits per heavy atom. The summed E-state index contributed by atoms with van der Waals surface area (Å²) in [5, 5.41) is 0. The third-order valence-electron chi connectivity index (χ3n) is 2.40. The Hall–Kier alpha value is -1.04. The Balaban J connectivity index is 2.46. The van der Waals surface area contributed by atoms with Gasteiger partial charge in [0, 0.05) is 0 Å². The number of rotatable bonds is 5. The maximum absolute atomic E-state index is 2.26. The molecule has 0 aliphatic rings. The predicted molar refractivity (Wildman–Crippen MR) is 63.6 cm³/mol. The predicted octanol–water partition coefficient (Wildman–Crippen LogP) is 4.15. The van der Waals surface area contributed by atoms with Crippen molar-refractivity contribution in [1.82, 2.24) is 0 Å².